The zero-order valence-electron chi connectivity index (χ0n) is 8.22. The second kappa shape index (κ2) is 3.67. The van der Waals surface area contributed by atoms with Crippen molar-refractivity contribution in [1.82, 2.24) is 5.32 Å². The van der Waals surface area contributed by atoms with E-state index in [1.54, 1.807) is 12.1 Å². The first-order valence-corrected chi connectivity index (χ1v) is 4.79. The first-order valence-electron chi connectivity index (χ1n) is 4.79. The molecule has 0 aliphatic carbocycles. The maximum absolute atomic E-state index is 12.7. The fourth-order valence-electron chi connectivity index (χ4n) is 1.73. The normalized spacial score (nSPS) is 27.6. The summed E-state index contributed by atoms with van der Waals surface area (Å²) in [5.41, 5.74) is 0.893. The highest BCUT2D eigenvalue weighted by Gasteiger charge is 2.28. The predicted molar refractivity (Wildman–Crippen MR) is 52.6 cm³/mol. The van der Waals surface area contributed by atoms with Crippen molar-refractivity contribution >= 4 is 0 Å². The van der Waals surface area contributed by atoms with Crippen LogP contribution in [-0.4, -0.2) is 19.8 Å². The van der Waals surface area contributed by atoms with Crippen molar-refractivity contribution in [2.45, 2.75) is 12.5 Å². The topological polar surface area (TPSA) is 21.3 Å². The fraction of sp³-hybridized carbons (Fsp3) is 0.455. The van der Waals surface area contributed by atoms with Gasteiger partial charge in [0.25, 0.3) is 0 Å². The summed E-state index contributed by atoms with van der Waals surface area (Å²) in [4.78, 5) is 0. The number of hydrogen-bond acceptors (Lipinski definition) is 2. The molecule has 1 heterocycles. The number of ether oxygens (including phenoxy) is 1. The number of benzene rings is 1. The summed E-state index contributed by atoms with van der Waals surface area (Å²) >= 11 is 0. The Morgan fingerprint density at radius 2 is 2.07 bits per heavy atom. The van der Waals surface area contributed by atoms with E-state index in [0.717, 1.165) is 18.7 Å². The molecule has 2 rings (SSSR count). The van der Waals surface area contributed by atoms with E-state index < -0.39 is 0 Å². The summed E-state index contributed by atoms with van der Waals surface area (Å²) in [5.74, 6) is -0.200. The van der Waals surface area contributed by atoms with Gasteiger partial charge in [0.15, 0.2) is 0 Å². The third-order valence-corrected chi connectivity index (χ3v) is 2.63. The molecule has 1 saturated heterocycles. The van der Waals surface area contributed by atoms with Gasteiger partial charge in [-0.25, -0.2) is 4.39 Å². The molecule has 0 spiro atoms. The van der Waals surface area contributed by atoms with Crippen LogP contribution in [0.25, 0.3) is 0 Å². The van der Waals surface area contributed by atoms with Crippen LogP contribution in [0.3, 0.4) is 0 Å². The van der Waals surface area contributed by atoms with Gasteiger partial charge in [0.1, 0.15) is 5.82 Å². The van der Waals surface area contributed by atoms with E-state index in [1.807, 2.05) is 0 Å². The molecule has 3 heteroatoms. The van der Waals surface area contributed by atoms with Crippen LogP contribution in [0.15, 0.2) is 24.3 Å². The maximum Gasteiger partial charge on any atom is 0.123 e. The largest absolute Gasteiger partial charge is 0.378 e. The number of nitrogens with one attached hydrogen (secondary N) is 1. The molecule has 0 radical (unpaired) electrons. The SMILES string of the molecule is CC1(c2ccc(F)cc2)COCCN1. The van der Waals surface area contributed by atoms with Crippen LogP contribution in [-0.2, 0) is 10.3 Å². The Bertz CT molecular complexity index is 304. The molecule has 14 heavy (non-hydrogen) atoms. The quantitative estimate of drug-likeness (QED) is 0.735. The Morgan fingerprint density at radius 3 is 2.64 bits per heavy atom. The second-order valence-electron chi connectivity index (χ2n) is 3.82. The molecule has 1 aliphatic heterocycles. The third-order valence-electron chi connectivity index (χ3n) is 2.63. The zero-order chi connectivity index (χ0) is 10.0. The Kier molecular flexibility index (Phi) is 2.52. The minimum atomic E-state index is -0.200. The highest BCUT2D eigenvalue weighted by atomic mass is 19.1. The van der Waals surface area contributed by atoms with E-state index in [2.05, 4.69) is 12.2 Å². The summed E-state index contributed by atoms with van der Waals surface area (Å²) in [6.07, 6.45) is 0. The molecule has 0 amide bonds. The monoisotopic (exact) mass is 195 g/mol. The Balaban J connectivity index is 2.23. The van der Waals surface area contributed by atoms with Crippen LogP contribution in [0.2, 0.25) is 0 Å². The van der Waals surface area contributed by atoms with Gasteiger partial charge in [-0.05, 0) is 24.6 Å². The van der Waals surface area contributed by atoms with E-state index in [0.29, 0.717) is 6.61 Å². The van der Waals surface area contributed by atoms with Crippen LogP contribution < -0.4 is 5.32 Å². The minimum Gasteiger partial charge on any atom is -0.378 e. The molecule has 0 aromatic heterocycles. The van der Waals surface area contributed by atoms with E-state index in [4.69, 9.17) is 4.74 Å². The number of morpholine rings is 1. The van der Waals surface area contributed by atoms with Gasteiger partial charge in [-0.3, -0.25) is 0 Å². The van der Waals surface area contributed by atoms with Crippen LogP contribution in [0, 0.1) is 5.82 Å². The first-order chi connectivity index (χ1) is 6.71. The molecule has 0 bridgehead atoms. The van der Waals surface area contributed by atoms with Crippen LogP contribution >= 0.6 is 0 Å². The van der Waals surface area contributed by atoms with Gasteiger partial charge in [0, 0.05) is 6.54 Å². The molecule has 1 unspecified atom stereocenters. The Morgan fingerprint density at radius 1 is 1.36 bits per heavy atom. The highest BCUT2D eigenvalue weighted by Crippen LogP contribution is 2.23. The number of rotatable bonds is 1. The Labute approximate surface area is 83.1 Å². The molecule has 1 fully saturated rings. The van der Waals surface area contributed by atoms with Gasteiger partial charge in [-0.15, -0.1) is 0 Å². The van der Waals surface area contributed by atoms with Crippen LogP contribution in [0.1, 0.15) is 12.5 Å². The molecule has 76 valence electrons. The van der Waals surface area contributed by atoms with Crippen molar-refractivity contribution in [3.8, 4) is 0 Å². The van der Waals surface area contributed by atoms with Gasteiger partial charge in [-0.2, -0.15) is 0 Å². The summed E-state index contributed by atoms with van der Waals surface area (Å²) in [5, 5.41) is 3.38. The smallest absolute Gasteiger partial charge is 0.123 e. The van der Waals surface area contributed by atoms with Crippen molar-refractivity contribution in [3.63, 3.8) is 0 Å². The summed E-state index contributed by atoms with van der Waals surface area (Å²) in [7, 11) is 0. The van der Waals surface area contributed by atoms with E-state index in [1.165, 1.54) is 12.1 Å². The molecule has 1 atom stereocenters. The lowest BCUT2D eigenvalue weighted by Crippen LogP contribution is -2.49. The van der Waals surface area contributed by atoms with Crippen LogP contribution in [0.4, 0.5) is 4.39 Å². The van der Waals surface area contributed by atoms with Crippen molar-refractivity contribution in [3.05, 3.63) is 35.6 Å². The highest BCUT2D eigenvalue weighted by molar-refractivity contribution is 5.24. The van der Waals surface area contributed by atoms with Gasteiger partial charge in [-0.1, -0.05) is 12.1 Å². The molecule has 1 aliphatic rings. The van der Waals surface area contributed by atoms with E-state index in [9.17, 15) is 4.39 Å². The van der Waals surface area contributed by atoms with Crippen molar-refractivity contribution < 1.29 is 9.13 Å². The number of hydrogen-bond donors (Lipinski definition) is 1. The van der Waals surface area contributed by atoms with Crippen LogP contribution in [0.5, 0.6) is 0 Å². The number of halogens is 1. The maximum atomic E-state index is 12.7. The molecular weight excluding hydrogens is 181 g/mol. The minimum absolute atomic E-state index is 0.175. The average molecular weight is 195 g/mol. The molecule has 1 N–H and O–H groups in total. The summed E-state index contributed by atoms with van der Waals surface area (Å²) in [6.45, 7) is 4.29. The Hall–Kier alpha value is -0.930. The summed E-state index contributed by atoms with van der Waals surface area (Å²) in [6, 6.07) is 6.57. The fourth-order valence-corrected chi connectivity index (χ4v) is 1.73. The molecular formula is C11H14FNO. The lowest BCUT2D eigenvalue weighted by Gasteiger charge is -2.35. The zero-order valence-corrected chi connectivity index (χ0v) is 8.22. The van der Waals surface area contributed by atoms with E-state index in [-0.39, 0.29) is 11.4 Å². The third kappa shape index (κ3) is 1.79. The average Bonchev–Trinajstić information content (AvgIpc) is 2.19. The van der Waals surface area contributed by atoms with Crippen molar-refractivity contribution in [1.29, 1.82) is 0 Å². The summed E-state index contributed by atoms with van der Waals surface area (Å²) < 4.78 is 18.1. The lowest BCUT2D eigenvalue weighted by atomic mass is 9.92. The standard InChI is InChI=1S/C11H14FNO/c1-11(8-14-7-6-13-11)9-2-4-10(12)5-3-9/h2-5,13H,6-8H2,1H3. The molecule has 2 nitrogen and oxygen atoms in total. The molecule has 1 aromatic rings. The van der Waals surface area contributed by atoms with Gasteiger partial charge >= 0.3 is 0 Å². The van der Waals surface area contributed by atoms with Gasteiger partial charge in [0.2, 0.25) is 0 Å². The predicted octanol–water partition coefficient (Wildman–Crippen LogP) is 1.66. The van der Waals surface area contributed by atoms with Gasteiger partial charge < -0.3 is 10.1 Å². The lowest BCUT2D eigenvalue weighted by molar-refractivity contribution is 0.0338. The second-order valence-corrected chi connectivity index (χ2v) is 3.82. The van der Waals surface area contributed by atoms with Gasteiger partial charge in [0.05, 0.1) is 18.8 Å². The first kappa shape index (κ1) is 9.62. The molecule has 0 saturated carbocycles. The van der Waals surface area contributed by atoms with Crippen molar-refractivity contribution in [2.75, 3.05) is 19.8 Å². The van der Waals surface area contributed by atoms with E-state index >= 15 is 0 Å². The van der Waals surface area contributed by atoms with Crippen molar-refractivity contribution in [2.24, 2.45) is 0 Å². The molecule has 1 aromatic carbocycles.